The van der Waals surface area contributed by atoms with Crippen molar-refractivity contribution in [1.29, 1.82) is 0 Å². The molecule has 1 N–H and O–H groups in total. The lowest BCUT2D eigenvalue weighted by atomic mass is 9.60. The average Bonchev–Trinajstić information content (AvgIpc) is 2.72. The van der Waals surface area contributed by atoms with Gasteiger partial charge in [-0.2, -0.15) is 0 Å². The Kier molecular flexibility index (Phi) is 10.1. The molecule has 0 aliphatic rings. The molecule has 4 nitrogen and oxygen atoms in total. The van der Waals surface area contributed by atoms with Crippen molar-refractivity contribution in [2.24, 2.45) is 11.3 Å². The highest BCUT2D eigenvalue weighted by Gasteiger charge is 2.38. The van der Waals surface area contributed by atoms with E-state index in [1.165, 1.54) is 5.56 Å². The first kappa shape index (κ1) is 25.4. The van der Waals surface area contributed by atoms with Gasteiger partial charge >= 0.3 is 5.97 Å². The van der Waals surface area contributed by atoms with Crippen LogP contribution in [0.25, 0.3) is 11.1 Å². The van der Waals surface area contributed by atoms with Crippen LogP contribution in [0.4, 0.5) is 0 Å². The van der Waals surface area contributed by atoms with Gasteiger partial charge in [-0.15, -0.1) is 0 Å². The van der Waals surface area contributed by atoms with Gasteiger partial charge in [0.2, 0.25) is 0 Å². The first-order valence-electron chi connectivity index (χ1n) is 11.0. The van der Waals surface area contributed by atoms with Crippen LogP contribution in [0.15, 0.2) is 48.5 Å². The van der Waals surface area contributed by atoms with E-state index < -0.39 is 12.3 Å². The van der Waals surface area contributed by atoms with Gasteiger partial charge in [-0.3, -0.25) is 4.79 Å². The summed E-state index contributed by atoms with van der Waals surface area (Å²) in [5.41, 5.74) is 2.60. The second-order valence-electron chi connectivity index (χ2n) is 8.48. The molecule has 2 atom stereocenters. The molecule has 0 unspecified atom stereocenters. The summed E-state index contributed by atoms with van der Waals surface area (Å²) in [6, 6.07) is 16.2. The molecule has 0 heterocycles. The Hall–Kier alpha value is -1.82. The summed E-state index contributed by atoms with van der Waals surface area (Å²) in [5, 5.41) is 10.8. The SMILES string of the molecule is CCOC[C@](C)(C[C@H](CB(C)O)Cc1ccc(-c2cccc(Cl)c2)cc1)C(=O)OCC. The highest BCUT2D eigenvalue weighted by molar-refractivity contribution is 6.48. The minimum absolute atomic E-state index is 0.117. The van der Waals surface area contributed by atoms with Gasteiger partial charge in [0.1, 0.15) is 0 Å². The number of carbonyl (C=O) groups is 1. The summed E-state index contributed by atoms with van der Waals surface area (Å²) in [6.45, 7) is 8.17. The fourth-order valence-electron chi connectivity index (χ4n) is 4.03. The van der Waals surface area contributed by atoms with Crippen LogP contribution in [0.3, 0.4) is 0 Å². The number of benzene rings is 2. The minimum Gasteiger partial charge on any atom is -0.466 e. The van der Waals surface area contributed by atoms with Crippen molar-refractivity contribution in [3.63, 3.8) is 0 Å². The Morgan fingerprint density at radius 2 is 1.84 bits per heavy atom. The maximum absolute atomic E-state index is 12.7. The Morgan fingerprint density at radius 3 is 2.42 bits per heavy atom. The molecule has 0 bridgehead atoms. The number of carbonyl (C=O) groups excluding carboxylic acids is 1. The van der Waals surface area contributed by atoms with E-state index in [1.54, 1.807) is 6.82 Å². The number of ether oxygens (including phenoxy) is 2. The van der Waals surface area contributed by atoms with Crippen molar-refractivity contribution in [2.45, 2.75) is 46.8 Å². The van der Waals surface area contributed by atoms with E-state index in [4.69, 9.17) is 21.1 Å². The number of halogens is 1. The van der Waals surface area contributed by atoms with E-state index in [0.29, 0.717) is 37.6 Å². The second-order valence-corrected chi connectivity index (χ2v) is 8.92. The van der Waals surface area contributed by atoms with Gasteiger partial charge in [-0.1, -0.05) is 54.8 Å². The molecule has 0 aliphatic heterocycles. The third-order valence-corrected chi connectivity index (χ3v) is 5.68. The molecular weight excluding hydrogens is 411 g/mol. The fraction of sp³-hybridized carbons (Fsp3) is 0.480. The molecule has 2 aromatic rings. The van der Waals surface area contributed by atoms with E-state index >= 15 is 0 Å². The lowest BCUT2D eigenvalue weighted by molar-refractivity contribution is -0.159. The highest BCUT2D eigenvalue weighted by atomic mass is 35.5. The van der Waals surface area contributed by atoms with E-state index in [-0.39, 0.29) is 11.9 Å². The van der Waals surface area contributed by atoms with Crippen molar-refractivity contribution >= 4 is 24.5 Å². The molecule has 0 fully saturated rings. The zero-order valence-electron chi connectivity index (χ0n) is 19.1. The zero-order chi connectivity index (χ0) is 22.9. The molecule has 0 radical (unpaired) electrons. The standard InChI is InChI=1S/C25H34BClO4/c1-5-30-18-25(3,24(28)31-6-2)16-20(17-26(4)29)14-19-10-12-21(13-11-19)22-8-7-9-23(27)15-22/h7-13,15,20,29H,5-6,14,16-18H2,1-4H3/t20-,25+/m1/s1. The van der Waals surface area contributed by atoms with Crippen LogP contribution in [-0.2, 0) is 20.7 Å². The van der Waals surface area contributed by atoms with Crippen LogP contribution in [0.2, 0.25) is 18.2 Å². The minimum atomic E-state index is -0.744. The van der Waals surface area contributed by atoms with E-state index in [9.17, 15) is 9.82 Å². The van der Waals surface area contributed by atoms with Gasteiger partial charge in [0, 0.05) is 11.6 Å². The summed E-state index contributed by atoms with van der Waals surface area (Å²) in [4.78, 5) is 12.7. The third kappa shape index (κ3) is 7.99. The summed E-state index contributed by atoms with van der Waals surface area (Å²) < 4.78 is 11.0. The largest absolute Gasteiger partial charge is 0.466 e. The molecule has 0 spiro atoms. The molecule has 0 aromatic heterocycles. The van der Waals surface area contributed by atoms with Crippen molar-refractivity contribution in [2.75, 3.05) is 19.8 Å². The van der Waals surface area contributed by atoms with Gasteiger partial charge in [0.25, 0.3) is 6.92 Å². The van der Waals surface area contributed by atoms with Crippen molar-refractivity contribution in [3.8, 4) is 11.1 Å². The lowest BCUT2D eigenvalue weighted by Gasteiger charge is -2.31. The first-order chi connectivity index (χ1) is 14.8. The predicted molar refractivity (Wildman–Crippen MR) is 129 cm³/mol. The van der Waals surface area contributed by atoms with Crippen LogP contribution in [0.1, 0.15) is 32.8 Å². The quantitative estimate of drug-likeness (QED) is 0.333. The van der Waals surface area contributed by atoms with Crippen LogP contribution in [-0.4, -0.2) is 37.7 Å². The van der Waals surface area contributed by atoms with Gasteiger partial charge in [0.15, 0.2) is 0 Å². The number of hydrogen-bond donors (Lipinski definition) is 1. The normalized spacial score (nSPS) is 14.0. The molecular formula is C25H34BClO4. The summed E-state index contributed by atoms with van der Waals surface area (Å²) in [6.07, 6.45) is 1.96. The van der Waals surface area contributed by atoms with Crippen LogP contribution in [0, 0.1) is 11.3 Å². The first-order valence-corrected chi connectivity index (χ1v) is 11.4. The lowest BCUT2D eigenvalue weighted by Crippen LogP contribution is -2.37. The van der Waals surface area contributed by atoms with E-state index in [2.05, 4.69) is 24.3 Å². The van der Waals surface area contributed by atoms with Crippen molar-refractivity contribution in [1.82, 2.24) is 0 Å². The van der Waals surface area contributed by atoms with Crippen LogP contribution < -0.4 is 0 Å². The smallest absolute Gasteiger partial charge is 0.314 e. The summed E-state index contributed by atoms with van der Waals surface area (Å²) in [5.74, 6) is -0.123. The Labute approximate surface area is 192 Å². The topological polar surface area (TPSA) is 55.8 Å². The number of rotatable bonds is 12. The second kappa shape index (κ2) is 12.3. The number of esters is 1. The summed E-state index contributed by atoms with van der Waals surface area (Å²) >= 11 is 6.12. The monoisotopic (exact) mass is 444 g/mol. The molecule has 31 heavy (non-hydrogen) atoms. The molecule has 0 saturated carbocycles. The van der Waals surface area contributed by atoms with Gasteiger partial charge in [-0.25, -0.2) is 0 Å². The van der Waals surface area contributed by atoms with E-state index in [0.717, 1.165) is 17.5 Å². The van der Waals surface area contributed by atoms with Crippen LogP contribution >= 0.6 is 11.6 Å². The van der Waals surface area contributed by atoms with Gasteiger partial charge in [0.05, 0.1) is 18.6 Å². The maximum atomic E-state index is 12.7. The average molecular weight is 445 g/mol. The Balaban J connectivity index is 2.18. The fourth-order valence-corrected chi connectivity index (χ4v) is 4.22. The van der Waals surface area contributed by atoms with Gasteiger partial charge < -0.3 is 14.5 Å². The Morgan fingerprint density at radius 1 is 1.13 bits per heavy atom. The van der Waals surface area contributed by atoms with E-state index in [1.807, 2.05) is 45.0 Å². The highest BCUT2D eigenvalue weighted by Crippen LogP contribution is 2.33. The third-order valence-electron chi connectivity index (χ3n) is 5.44. The summed E-state index contributed by atoms with van der Waals surface area (Å²) in [7, 11) is 0. The molecule has 6 heteroatoms. The predicted octanol–water partition coefficient (Wildman–Crippen LogP) is 5.78. The molecule has 0 aliphatic carbocycles. The Bertz CT molecular complexity index is 825. The zero-order valence-corrected chi connectivity index (χ0v) is 19.8. The maximum Gasteiger partial charge on any atom is 0.314 e. The van der Waals surface area contributed by atoms with Crippen molar-refractivity contribution < 1.29 is 19.3 Å². The molecule has 0 saturated heterocycles. The molecule has 2 rings (SSSR count). The van der Waals surface area contributed by atoms with Crippen molar-refractivity contribution in [3.05, 3.63) is 59.1 Å². The van der Waals surface area contributed by atoms with Gasteiger partial charge in [-0.05, 0) is 74.7 Å². The van der Waals surface area contributed by atoms with Crippen LogP contribution in [0.5, 0.6) is 0 Å². The molecule has 168 valence electrons. The molecule has 2 aromatic carbocycles. The number of hydrogen-bond acceptors (Lipinski definition) is 4. The molecule has 0 amide bonds.